The zero-order chi connectivity index (χ0) is 17.5. The number of aliphatic hydroxyl groups is 1. The molecular weight excluding hydrogens is 308 g/mol. The van der Waals surface area contributed by atoms with Crippen molar-refractivity contribution in [3.63, 3.8) is 0 Å². The number of pyridine rings is 1. The lowest BCUT2D eigenvalue weighted by molar-refractivity contribution is 0.0552. The van der Waals surface area contributed by atoms with Crippen LogP contribution in [0.1, 0.15) is 39.6 Å². The fourth-order valence-corrected chi connectivity index (χ4v) is 2.51. The Labute approximate surface area is 140 Å². The Morgan fingerprint density at radius 2 is 1.88 bits per heavy atom. The van der Waals surface area contributed by atoms with E-state index in [1.54, 1.807) is 30.6 Å². The van der Waals surface area contributed by atoms with Crippen molar-refractivity contribution in [2.75, 3.05) is 6.61 Å². The Morgan fingerprint density at radius 3 is 2.42 bits per heavy atom. The molecule has 1 amide bonds. The lowest BCUT2D eigenvalue weighted by atomic mass is 10.0. The number of hydrogen-bond acceptors (Lipinski definition) is 4. The lowest BCUT2D eigenvalue weighted by Crippen LogP contribution is -2.42. The molecule has 0 bridgehead atoms. The summed E-state index contributed by atoms with van der Waals surface area (Å²) in [5, 5.41) is 18.9. The van der Waals surface area contributed by atoms with Crippen molar-refractivity contribution in [1.82, 2.24) is 9.88 Å². The molecule has 1 atom stereocenters. The van der Waals surface area contributed by atoms with Crippen molar-refractivity contribution in [2.24, 2.45) is 0 Å². The van der Waals surface area contributed by atoms with Crippen LogP contribution in [0.5, 0.6) is 0 Å². The number of carbonyl (C=O) groups excluding carboxylic acids is 1. The maximum atomic E-state index is 13.0. The number of amides is 1. The van der Waals surface area contributed by atoms with E-state index in [1.807, 2.05) is 13.0 Å². The molecule has 0 saturated heterocycles. The Morgan fingerprint density at radius 1 is 1.17 bits per heavy atom. The van der Waals surface area contributed by atoms with Gasteiger partial charge in [-0.05, 0) is 30.2 Å². The van der Waals surface area contributed by atoms with Crippen molar-refractivity contribution < 1.29 is 19.8 Å². The van der Waals surface area contributed by atoms with Crippen molar-refractivity contribution in [2.45, 2.75) is 25.9 Å². The van der Waals surface area contributed by atoms with Crippen LogP contribution in [0.4, 0.5) is 0 Å². The number of carboxylic acids is 1. The lowest BCUT2D eigenvalue weighted by Gasteiger charge is -2.30. The highest BCUT2D eigenvalue weighted by Crippen LogP contribution is 2.18. The quantitative estimate of drug-likeness (QED) is 0.813. The number of carbonyl (C=O) groups is 2. The van der Waals surface area contributed by atoms with E-state index >= 15 is 0 Å². The summed E-state index contributed by atoms with van der Waals surface area (Å²) >= 11 is 0. The molecule has 6 nitrogen and oxygen atoms in total. The van der Waals surface area contributed by atoms with Crippen LogP contribution in [-0.4, -0.2) is 44.6 Å². The second-order valence-corrected chi connectivity index (χ2v) is 5.39. The Bertz CT molecular complexity index is 699. The number of benzene rings is 1. The molecule has 126 valence electrons. The summed E-state index contributed by atoms with van der Waals surface area (Å²) in [5.41, 5.74) is 0.873. The van der Waals surface area contributed by atoms with Gasteiger partial charge in [0.05, 0.1) is 23.8 Å². The van der Waals surface area contributed by atoms with Gasteiger partial charge < -0.3 is 15.1 Å². The molecule has 0 aliphatic heterocycles. The molecular formula is C18H20N2O4. The van der Waals surface area contributed by atoms with Gasteiger partial charge in [-0.3, -0.25) is 9.78 Å². The van der Waals surface area contributed by atoms with Crippen LogP contribution in [0.2, 0.25) is 0 Å². The normalized spacial score (nSPS) is 11.8. The predicted octanol–water partition coefficient (Wildman–Crippen LogP) is 2.19. The van der Waals surface area contributed by atoms with Crippen LogP contribution in [-0.2, 0) is 6.54 Å². The number of carboxylic acid groups (broad SMARTS) is 1. The van der Waals surface area contributed by atoms with E-state index in [0.29, 0.717) is 6.42 Å². The number of nitrogens with zero attached hydrogens (tertiary/aromatic N) is 2. The minimum Gasteiger partial charge on any atom is -0.478 e. The first-order valence-corrected chi connectivity index (χ1v) is 7.71. The maximum Gasteiger partial charge on any atom is 0.336 e. The highest BCUT2D eigenvalue weighted by Gasteiger charge is 2.26. The Hall–Kier alpha value is -2.73. The van der Waals surface area contributed by atoms with E-state index in [9.17, 15) is 19.8 Å². The van der Waals surface area contributed by atoms with Gasteiger partial charge in [0.2, 0.25) is 0 Å². The Balaban J connectivity index is 2.39. The number of rotatable bonds is 7. The fourth-order valence-electron chi connectivity index (χ4n) is 2.51. The highest BCUT2D eigenvalue weighted by atomic mass is 16.4. The molecule has 0 radical (unpaired) electrons. The molecule has 0 spiro atoms. The first-order valence-electron chi connectivity index (χ1n) is 7.71. The van der Waals surface area contributed by atoms with Crippen LogP contribution < -0.4 is 0 Å². The minimum atomic E-state index is -1.16. The van der Waals surface area contributed by atoms with Crippen molar-refractivity contribution in [3.8, 4) is 0 Å². The van der Waals surface area contributed by atoms with Gasteiger partial charge in [0.1, 0.15) is 0 Å². The van der Waals surface area contributed by atoms with Gasteiger partial charge in [-0.25, -0.2) is 4.79 Å². The molecule has 1 heterocycles. The molecule has 6 heteroatoms. The molecule has 0 aliphatic carbocycles. The predicted molar refractivity (Wildman–Crippen MR) is 88.7 cm³/mol. The summed E-state index contributed by atoms with van der Waals surface area (Å²) < 4.78 is 0. The maximum absolute atomic E-state index is 13.0. The highest BCUT2D eigenvalue weighted by molar-refractivity contribution is 6.04. The van der Waals surface area contributed by atoms with Gasteiger partial charge in [-0.2, -0.15) is 0 Å². The van der Waals surface area contributed by atoms with Crippen molar-refractivity contribution >= 4 is 11.9 Å². The van der Waals surface area contributed by atoms with Gasteiger partial charge in [-0.15, -0.1) is 0 Å². The number of aliphatic hydroxyl groups excluding tert-OH is 1. The summed E-state index contributed by atoms with van der Waals surface area (Å²) in [7, 11) is 0. The van der Waals surface area contributed by atoms with Gasteiger partial charge in [0.25, 0.3) is 5.91 Å². The second-order valence-electron chi connectivity index (χ2n) is 5.39. The number of aromatic carboxylic acids is 1. The smallest absolute Gasteiger partial charge is 0.336 e. The summed E-state index contributed by atoms with van der Waals surface area (Å²) in [6.45, 7) is 1.92. The third-order valence-electron chi connectivity index (χ3n) is 3.85. The second kappa shape index (κ2) is 8.21. The van der Waals surface area contributed by atoms with Gasteiger partial charge >= 0.3 is 5.97 Å². The molecule has 2 aromatic rings. The van der Waals surface area contributed by atoms with Gasteiger partial charge in [0, 0.05) is 18.9 Å². The monoisotopic (exact) mass is 328 g/mol. The van der Waals surface area contributed by atoms with Crippen LogP contribution in [0.25, 0.3) is 0 Å². The van der Waals surface area contributed by atoms with Crippen LogP contribution in [0, 0.1) is 0 Å². The first kappa shape index (κ1) is 17.6. The molecule has 0 fully saturated rings. The molecule has 1 aromatic carbocycles. The van der Waals surface area contributed by atoms with E-state index in [2.05, 4.69) is 4.98 Å². The zero-order valence-corrected chi connectivity index (χ0v) is 13.4. The Kier molecular flexibility index (Phi) is 6.03. The summed E-state index contributed by atoms with van der Waals surface area (Å²) in [6.07, 6.45) is 3.84. The van der Waals surface area contributed by atoms with E-state index in [-0.39, 0.29) is 24.3 Å². The van der Waals surface area contributed by atoms with E-state index < -0.39 is 17.9 Å². The van der Waals surface area contributed by atoms with Crippen LogP contribution >= 0.6 is 0 Å². The molecule has 24 heavy (non-hydrogen) atoms. The van der Waals surface area contributed by atoms with Crippen LogP contribution in [0.15, 0.2) is 48.8 Å². The molecule has 2 rings (SSSR count). The van der Waals surface area contributed by atoms with Gasteiger partial charge in [0.15, 0.2) is 0 Å². The standard InChI is InChI=1S/C18H20N2O4/c1-2-14(12-21)20(11-13-6-5-9-19-10-13)17(22)15-7-3-4-8-16(15)18(23)24/h3-10,14,21H,2,11-12H2,1H3,(H,23,24)/t14-/m0/s1. The topological polar surface area (TPSA) is 90.7 Å². The zero-order valence-electron chi connectivity index (χ0n) is 13.4. The van der Waals surface area contributed by atoms with E-state index in [0.717, 1.165) is 5.56 Å². The third kappa shape index (κ3) is 3.97. The summed E-state index contributed by atoms with van der Waals surface area (Å²) in [6, 6.07) is 9.30. The minimum absolute atomic E-state index is 0.0496. The molecule has 2 N–H and O–H groups in total. The van der Waals surface area contributed by atoms with E-state index in [4.69, 9.17) is 0 Å². The van der Waals surface area contributed by atoms with Gasteiger partial charge in [-0.1, -0.05) is 25.1 Å². The van der Waals surface area contributed by atoms with Crippen molar-refractivity contribution in [1.29, 1.82) is 0 Å². The molecule has 0 saturated carbocycles. The fraction of sp³-hybridized carbons (Fsp3) is 0.278. The largest absolute Gasteiger partial charge is 0.478 e. The van der Waals surface area contributed by atoms with Crippen LogP contribution in [0.3, 0.4) is 0 Å². The average molecular weight is 328 g/mol. The number of aromatic nitrogens is 1. The number of hydrogen-bond donors (Lipinski definition) is 2. The SMILES string of the molecule is CC[C@@H](CO)N(Cc1cccnc1)C(=O)c1ccccc1C(=O)O. The summed E-state index contributed by atoms with van der Waals surface area (Å²) in [4.78, 5) is 29.9. The average Bonchev–Trinajstić information content (AvgIpc) is 2.62. The third-order valence-corrected chi connectivity index (χ3v) is 3.85. The summed E-state index contributed by atoms with van der Waals surface area (Å²) in [5.74, 6) is -1.57. The van der Waals surface area contributed by atoms with E-state index in [1.165, 1.54) is 17.0 Å². The molecule has 1 aromatic heterocycles. The first-order chi connectivity index (χ1) is 11.6. The molecule has 0 aliphatic rings. The molecule has 0 unspecified atom stereocenters. The van der Waals surface area contributed by atoms with Crippen molar-refractivity contribution in [3.05, 3.63) is 65.5 Å².